The number of phenols is 1. The lowest BCUT2D eigenvalue weighted by Gasteiger charge is -2.03. The zero-order chi connectivity index (χ0) is 14.5. The molecule has 1 aromatic heterocycles. The minimum Gasteiger partial charge on any atom is -0.508 e. The molecule has 0 aliphatic rings. The molecule has 2 aromatic carbocycles. The molecule has 0 aliphatic heterocycles. The first-order valence-corrected chi connectivity index (χ1v) is 7.76. The fourth-order valence-electron chi connectivity index (χ4n) is 2.17. The Labute approximate surface area is 128 Å². The Balaban J connectivity index is 1.57. The van der Waals surface area contributed by atoms with Gasteiger partial charge in [-0.3, -0.25) is 0 Å². The van der Waals surface area contributed by atoms with Gasteiger partial charge in [0.25, 0.3) is 0 Å². The van der Waals surface area contributed by atoms with Gasteiger partial charge in [-0.2, -0.15) is 0 Å². The molecular weight excluding hydrogens is 278 g/mol. The summed E-state index contributed by atoms with van der Waals surface area (Å²) in [5.74, 6) is 0.310. The third kappa shape index (κ3) is 3.72. The second kappa shape index (κ2) is 6.57. The van der Waals surface area contributed by atoms with Crippen LogP contribution in [-0.2, 0) is 13.1 Å². The van der Waals surface area contributed by atoms with Crippen LogP contribution in [0.25, 0.3) is 10.4 Å². The third-order valence-corrected chi connectivity index (χ3v) is 4.42. The van der Waals surface area contributed by atoms with E-state index < -0.39 is 0 Å². The minimum absolute atomic E-state index is 0.310. The molecule has 0 atom stereocenters. The van der Waals surface area contributed by atoms with Crippen LogP contribution in [0.4, 0.5) is 0 Å². The number of hydrogen-bond acceptors (Lipinski definition) is 3. The van der Waals surface area contributed by atoms with Crippen LogP contribution in [0.3, 0.4) is 0 Å². The Kier molecular flexibility index (Phi) is 4.34. The number of hydrogen-bond donors (Lipinski definition) is 2. The molecule has 3 heteroatoms. The number of nitrogens with one attached hydrogen (secondary N) is 1. The largest absolute Gasteiger partial charge is 0.508 e. The minimum atomic E-state index is 0.310. The van der Waals surface area contributed by atoms with Crippen molar-refractivity contribution >= 4 is 11.3 Å². The van der Waals surface area contributed by atoms with Gasteiger partial charge < -0.3 is 10.4 Å². The molecule has 0 spiro atoms. The van der Waals surface area contributed by atoms with Crippen molar-refractivity contribution in [1.29, 1.82) is 0 Å². The van der Waals surface area contributed by atoms with E-state index in [0.29, 0.717) is 5.75 Å². The van der Waals surface area contributed by atoms with E-state index in [9.17, 15) is 5.11 Å². The molecule has 0 aliphatic carbocycles. The molecule has 3 rings (SSSR count). The van der Waals surface area contributed by atoms with E-state index in [-0.39, 0.29) is 0 Å². The van der Waals surface area contributed by atoms with Crippen molar-refractivity contribution < 1.29 is 5.11 Å². The molecule has 21 heavy (non-hydrogen) atoms. The summed E-state index contributed by atoms with van der Waals surface area (Å²) in [6, 6.07) is 22.1. The summed E-state index contributed by atoms with van der Waals surface area (Å²) in [6.07, 6.45) is 0. The van der Waals surface area contributed by atoms with E-state index in [2.05, 4.69) is 41.7 Å². The summed E-state index contributed by atoms with van der Waals surface area (Å²) in [5, 5.41) is 12.7. The van der Waals surface area contributed by atoms with Crippen LogP contribution in [0, 0.1) is 0 Å². The Hall–Kier alpha value is -2.10. The van der Waals surface area contributed by atoms with E-state index >= 15 is 0 Å². The van der Waals surface area contributed by atoms with Crippen LogP contribution in [-0.4, -0.2) is 5.11 Å². The highest BCUT2D eigenvalue weighted by atomic mass is 32.1. The standard InChI is InChI=1S/C18H17NOS/c20-16-8-6-14(7-9-16)12-19-13-17-10-11-18(21-17)15-4-2-1-3-5-15/h1-11,19-20H,12-13H2. The molecule has 0 fully saturated rings. The van der Waals surface area contributed by atoms with Crippen LogP contribution in [0.1, 0.15) is 10.4 Å². The van der Waals surface area contributed by atoms with Crippen molar-refractivity contribution in [2.24, 2.45) is 0 Å². The van der Waals surface area contributed by atoms with Crippen LogP contribution in [0.2, 0.25) is 0 Å². The van der Waals surface area contributed by atoms with E-state index in [1.165, 1.54) is 20.9 Å². The maximum atomic E-state index is 9.25. The number of rotatable bonds is 5. The van der Waals surface area contributed by atoms with Crippen molar-refractivity contribution in [1.82, 2.24) is 5.32 Å². The van der Waals surface area contributed by atoms with Gasteiger partial charge in [-0.05, 0) is 35.4 Å². The average Bonchev–Trinajstić information content (AvgIpc) is 2.99. The van der Waals surface area contributed by atoms with Gasteiger partial charge in [-0.25, -0.2) is 0 Å². The van der Waals surface area contributed by atoms with Crippen molar-refractivity contribution in [3.63, 3.8) is 0 Å². The second-order valence-corrected chi connectivity index (χ2v) is 6.07. The SMILES string of the molecule is Oc1ccc(CNCc2ccc(-c3ccccc3)s2)cc1. The zero-order valence-corrected chi connectivity index (χ0v) is 12.4. The molecule has 2 N–H and O–H groups in total. The van der Waals surface area contributed by atoms with Crippen LogP contribution in [0.15, 0.2) is 66.7 Å². The van der Waals surface area contributed by atoms with E-state index in [1.54, 1.807) is 12.1 Å². The second-order valence-electron chi connectivity index (χ2n) is 4.90. The van der Waals surface area contributed by atoms with Crippen LogP contribution < -0.4 is 5.32 Å². The summed E-state index contributed by atoms with van der Waals surface area (Å²) in [6.45, 7) is 1.66. The molecule has 0 saturated heterocycles. The van der Waals surface area contributed by atoms with Crippen molar-refractivity contribution in [2.75, 3.05) is 0 Å². The molecule has 106 valence electrons. The molecule has 3 aromatic rings. The number of phenolic OH excluding ortho intramolecular Hbond substituents is 1. The van der Waals surface area contributed by atoms with Gasteiger partial charge in [-0.1, -0.05) is 42.5 Å². The van der Waals surface area contributed by atoms with E-state index in [4.69, 9.17) is 0 Å². The van der Waals surface area contributed by atoms with Gasteiger partial charge in [0.2, 0.25) is 0 Å². The molecular formula is C18H17NOS. The van der Waals surface area contributed by atoms with Crippen molar-refractivity contribution in [3.8, 4) is 16.2 Å². The molecule has 1 heterocycles. The first-order chi connectivity index (χ1) is 10.3. The van der Waals surface area contributed by atoms with Gasteiger partial charge in [0.15, 0.2) is 0 Å². The molecule has 2 nitrogen and oxygen atoms in total. The smallest absolute Gasteiger partial charge is 0.115 e. The number of aromatic hydroxyl groups is 1. The third-order valence-electron chi connectivity index (χ3n) is 3.28. The Morgan fingerprint density at radius 2 is 1.57 bits per heavy atom. The predicted octanol–water partition coefficient (Wildman–Crippen LogP) is 4.41. The van der Waals surface area contributed by atoms with Crippen LogP contribution >= 0.6 is 11.3 Å². The monoisotopic (exact) mass is 295 g/mol. The maximum Gasteiger partial charge on any atom is 0.115 e. The molecule has 0 bridgehead atoms. The number of benzene rings is 2. The lowest BCUT2D eigenvalue weighted by Crippen LogP contribution is -2.11. The highest BCUT2D eigenvalue weighted by Gasteiger charge is 2.02. The summed E-state index contributed by atoms with van der Waals surface area (Å²) in [7, 11) is 0. The first-order valence-electron chi connectivity index (χ1n) is 6.94. The fourth-order valence-corrected chi connectivity index (χ4v) is 3.16. The summed E-state index contributed by atoms with van der Waals surface area (Å²) in [5.41, 5.74) is 2.44. The average molecular weight is 295 g/mol. The van der Waals surface area contributed by atoms with E-state index in [1.807, 2.05) is 29.5 Å². The van der Waals surface area contributed by atoms with Gasteiger partial charge in [-0.15, -0.1) is 11.3 Å². The lowest BCUT2D eigenvalue weighted by atomic mass is 10.2. The Morgan fingerprint density at radius 1 is 0.810 bits per heavy atom. The first kappa shape index (κ1) is 13.9. The maximum absolute atomic E-state index is 9.25. The van der Waals surface area contributed by atoms with Gasteiger partial charge in [0, 0.05) is 22.8 Å². The van der Waals surface area contributed by atoms with Gasteiger partial charge in [0.05, 0.1) is 0 Å². The predicted molar refractivity (Wildman–Crippen MR) is 88.4 cm³/mol. The highest BCUT2D eigenvalue weighted by Crippen LogP contribution is 2.27. The summed E-state index contributed by atoms with van der Waals surface area (Å²) < 4.78 is 0. The Bertz CT molecular complexity index is 689. The molecule has 0 saturated carbocycles. The fraction of sp³-hybridized carbons (Fsp3) is 0.111. The molecule has 0 unspecified atom stereocenters. The summed E-state index contributed by atoms with van der Waals surface area (Å²) in [4.78, 5) is 2.63. The normalized spacial score (nSPS) is 10.7. The van der Waals surface area contributed by atoms with Gasteiger partial charge in [0.1, 0.15) is 5.75 Å². The zero-order valence-electron chi connectivity index (χ0n) is 11.6. The lowest BCUT2D eigenvalue weighted by molar-refractivity contribution is 0.475. The quantitative estimate of drug-likeness (QED) is 0.730. The summed E-state index contributed by atoms with van der Waals surface area (Å²) >= 11 is 1.82. The van der Waals surface area contributed by atoms with Crippen LogP contribution in [0.5, 0.6) is 5.75 Å². The molecule has 0 radical (unpaired) electrons. The van der Waals surface area contributed by atoms with Gasteiger partial charge >= 0.3 is 0 Å². The van der Waals surface area contributed by atoms with Crippen molar-refractivity contribution in [2.45, 2.75) is 13.1 Å². The number of thiophene rings is 1. The topological polar surface area (TPSA) is 32.3 Å². The van der Waals surface area contributed by atoms with Crippen molar-refractivity contribution in [3.05, 3.63) is 77.2 Å². The molecule has 0 amide bonds. The Morgan fingerprint density at radius 3 is 2.33 bits per heavy atom. The highest BCUT2D eigenvalue weighted by molar-refractivity contribution is 7.15. The van der Waals surface area contributed by atoms with E-state index in [0.717, 1.165) is 13.1 Å².